The smallest absolute Gasteiger partial charge is 0.234 e. The van der Waals surface area contributed by atoms with Crippen LogP contribution in [0.25, 0.3) is 5.76 Å². The Morgan fingerprint density at radius 1 is 0.889 bits per heavy atom. The van der Waals surface area contributed by atoms with E-state index >= 15 is 0 Å². The van der Waals surface area contributed by atoms with Crippen molar-refractivity contribution in [2.75, 3.05) is 19.6 Å². The molecule has 0 heterocycles. The van der Waals surface area contributed by atoms with Crippen LogP contribution in [0.1, 0.15) is 48.5 Å². The van der Waals surface area contributed by atoms with Crippen LogP contribution in [0.4, 0.5) is 0 Å². The molecular weight excluding hydrogens is 338 g/mol. The van der Waals surface area contributed by atoms with Gasteiger partial charge < -0.3 is 5.11 Å². The van der Waals surface area contributed by atoms with Gasteiger partial charge in [0.05, 0.1) is 5.57 Å². The molecule has 0 aliphatic heterocycles. The van der Waals surface area contributed by atoms with Gasteiger partial charge >= 0.3 is 0 Å². The van der Waals surface area contributed by atoms with E-state index in [0.29, 0.717) is 12.1 Å². The Balaban J connectivity index is 1.78. The zero-order chi connectivity index (χ0) is 19.2. The molecule has 5 radical (unpaired) electrons. The van der Waals surface area contributed by atoms with Crippen LogP contribution in [0.15, 0.2) is 29.8 Å². The third kappa shape index (κ3) is 4.67. The molecule has 1 aromatic carbocycles. The van der Waals surface area contributed by atoms with Crippen LogP contribution in [-0.4, -0.2) is 41.2 Å². The topological polar surface area (TPSA) is 57.6 Å². The molecule has 141 valence electrons. The van der Waals surface area contributed by atoms with Gasteiger partial charge in [-0.15, -0.1) is 0 Å². The van der Waals surface area contributed by atoms with Gasteiger partial charge in [-0.05, 0) is 44.6 Å². The molecule has 1 saturated carbocycles. The number of benzene rings is 1. The zero-order valence-corrected chi connectivity index (χ0v) is 15.8. The summed E-state index contributed by atoms with van der Waals surface area (Å²) in [6.45, 7) is 3.97. The molecule has 2 aliphatic carbocycles. The fraction of sp³-hybridized carbons (Fsp3) is 0.348. The first-order chi connectivity index (χ1) is 13.1. The van der Waals surface area contributed by atoms with E-state index in [4.69, 9.17) is 0 Å². The van der Waals surface area contributed by atoms with Gasteiger partial charge in [0.1, 0.15) is 5.76 Å². The van der Waals surface area contributed by atoms with Crippen LogP contribution in [0.3, 0.4) is 0 Å². The molecule has 27 heavy (non-hydrogen) atoms. The molecular formula is C23H26NO3. The Labute approximate surface area is 162 Å². The lowest BCUT2D eigenvalue weighted by Gasteiger charge is -2.27. The van der Waals surface area contributed by atoms with Gasteiger partial charge in [-0.25, -0.2) is 0 Å². The molecule has 0 amide bonds. The normalized spacial score (nSPS) is 17.9. The van der Waals surface area contributed by atoms with Crippen LogP contribution in [0.2, 0.25) is 0 Å². The maximum absolute atomic E-state index is 12.6. The van der Waals surface area contributed by atoms with Crippen molar-refractivity contribution in [1.82, 2.24) is 4.90 Å². The molecule has 3 rings (SSSR count). The van der Waals surface area contributed by atoms with Crippen molar-refractivity contribution in [3.8, 4) is 0 Å². The van der Waals surface area contributed by atoms with Gasteiger partial charge in [0.2, 0.25) is 11.6 Å². The summed E-state index contributed by atoms with van der Waals surface area (Å²) in [5.74, 6) is -0.0123. The Morgan fingerprint density at radius 3 is 2.30 bits per heavy atom. The minimum Gasteiger partial charge on any atom is -0.507 e. The van der Waals surface area contributed by atoms with Crippen LogP contribution in [-0.2, 0) is 4.79 Å². The van der Waals surface area contributed by atoms with Gasteiger partial charge in [-0.3, -0.25) is 14.5 Å². The summed E-state index contributed by atoms with van der Waals surface area (Å²) in [6, 6.07) is 6.76. The van der Waals surface area contributed by atoms with Gasteiger partial charge in [0.15, 0.2) is 0 Å². The second kappa shape index (κ2) is 9.32. The molecule has 0 bridgehead atoms. The monoisotopic (exact) mass is 364 g/mol. The van der Waals surface area contributed by atoms with Crippen molar-refractivity contribution < 1.29 is 14.7 Å². The molecule has 0 saturated heterocycles. The number of aliphatic hydroxyl groups excluding tert-OH is 1. The molecule has 0 spiro atoms. The highest BCUT2D eigenvalue weighted by Crippen LogP contribution is 2.29. The standard InChI is InChI=1S/C23H26NO3/c1-2-3-4-9-14-24(15-17-10-5-6-11-17)16-20-21(25)18-12-7-8-13-19(18)22(26)23(20)27/h5-8,10-13,25H,2-4,9,14-16H2,1H3. The molecule has 4 heteroatoms. The highest BCUT2D eigenvalue weighted by atomic mass is 16.3. The lowest BCUT2D eigenvalue weighted by Crippen LogP contribution is -2.36. The number of fused-ring (bicyclic) bond motifs is 1. The van der Waals surface area contributed by atoms with Crippen LogP contribution >= 0.6 is 0 Å². The third-order valence-electron chi connectivity index (χ3n) is 5.04. The lowest BCUT2D eigenvalue weighted by atomic mass is 9.88. The van der Waals surface area contributed by atoms with Crippen molar-refractivity contribution in [1.29, 1.82) is 0 Å². The number of nitrogens with zero attached hydrogens (tertiary/aromatic N) is 1. The maximum atomic E-state index is 12.6. The zero-order valence-electron chi connectivity index (χ0n) is 15.8. The maximum Gasteiger partial charge on any atom is 0.234 e. The van der Waals surface area contributed by atoms with Crippen molar-refractivity contribution in [2.45, 2.75) is 32.6 Å². The van der Waals surface area contributed by atoms with E-state index in [1.165, 1.54) is 18.8 Å². The van der Waals surface area contributed by atoms with Crippen molar-refractivity contribution in [3.63, 3.8) is 0 Å². The van der Waals surface area contributed by atoms with Crippen LogP contribution < -0.4 is 0 Å². The predicted molar refractivity (Wildman–Crippen MR) is 106 cm³/mol. The fourth-order valence-electron chi connectivity index (χ4n) is 3.54. The summed E-state index contributed by atoms with van der Waals surface area (Å²) in [5.41, 5.74) is 0.950. The highest BCUT2D eigenvalue weighted by molar-refractivity contribution is 6.52. The number of rotatable bonds is 9. The summed E-state index contributed by atoms with van der Waals surface area (Å²) in [6.07, 6.45) is 12.6. The van der Waals surface area contributed by atoms with E-state index in [-0.39, 0.29) is 23.4 Å². The van der Waals surface area contributed by atoms with Crippen molar-refractivity contribution in [2.24, 2.45) is 0 Å². The summed E-state index contributed by atoms with van der Waals surface area (Å²) in [4.78, 5) is 27.2. The highest BCUT2D eigenvalue weighted by Gasteiger charge is 2.33. The van der Waals surface area contributed by atoms with Crippen LogP contribution in [0, 0.1) is 31.6 Å². The van der Waals surface area contributed by atoms with Gasteiger partial charge in [-0.1, -0.05) is 50.5 Å². The molecule has 0 aromatic heterocycles. The van der Waals surface area contributed by atoms with Gasteiger partial charge in [0, 0.05) is 24.2 Å². The van der Waals surface area contributed by atoms with E-state index in [2.05, 4.69) is 24.7 Å². The van der Waals surface area contributed by atoms with Crippen molar-refractivity contribution in [3.05, 3.63) is 72.6 Å². The van der Waals surface area contributed by atoms with Crippen LogP contribution in [0.5, 0.6) is 0 Å². The average Bonchev–Trinajstić information content (AvgIpc) is 3.19. The number of carbonyl (C=O) groups excluding carboxylic acids is 2. The number of ketones is 2. The number of hydrogen-bond acceptors (Lipinski definition) is 4. The Kier molecular flexibility index (Phi) is 6.84. The van der Waals surface area contributed by atoms with Gasteiger partial charge in [0.25, 0.3) is 0 Å². The number of aliphatic hydroxyl groups is 1. The summed E-state index contributed by atoms with van der Waals surface area (Å²) < 4.78 is 0. The number of unbranched alkanes of at least 4 members (excludes halogenated alkanes) is 3. The Hall–Kier alpha value is -1.94. The quantitative estimate of drug-likeness (QED) is 0.531. The molecule has 1 aromatic rings. The minimum absolute atomic E-state index is 0.0590. The third-order valence-corrected chi connectivity index (χ3v) is 5.04. The SMILES string of the molecule is CCCCCCN(C[C]1[CH][CH][CH][CH]1)CC1=C(O)c2ccccc2C(=O)C1=O. The predicted octanol–water partition coefficient (Wildman–Crippen LogP) is 4.01. The first-order valence-electron chi connectivity index (χ1n) is 9.65. The van der Waals surface area contributed by atoms with E-state index in [1.807, 2.05) is 12.8 Å². The molecule has 4 nitrogen and oxygen atoms in total. The first kappa shape index (κ1) is 19.8. The Morgan fingerprint density at radius 2 is 1.59 bits per heavy atom. The molecule has 0 atom stereocenters. The summed E-state index contributed by atoms with van der Waals surface area (Å²) in [7, 11) is 0. The molecule has 0 unspecified atom stereocenters. The van der Waals surface area contributed by atoms with Crippen molar-refractivity contribution >= 4 is 17.3 Å². The summed E-state index contributed by atoms with van der Waals surface area (Å²) >= 11 is 0. The summed E-state index contributed by atoms with van der Waals surface area (Å²) in [5, 5.41) is 10.7. The van der Waals surface area contributed by atoms with E-state index < -0.39 is 11.6 Å². The second-order valence-corrected chi connectivity index (χ2v) is 7.10. The van der Waals surface area contributed by atoms with E-state index in [1.54, 1.807) is 24.3 Å². The largest absolute Gasteiger partial charge is 0.507 e. The fourth-order valence-corrected chi connectivity index (χ4v) is 3.54. The van der Waals surface area contributed by atoms with E-state index in [9.17, 15) is 14.7 Å². The Bertz CT molecular complexity index is 716. The second-order valence-electron chi connectivity index (χ2n) is 7.10. The molecule has 1 N–H and O–H groups in total. The number of carbonyl (C=O) groups is 2. The number of Topliss-reactive ketones (excluding diaryl/α,β-unsaturated/α-hetero) is 2. The first-order valence-corrected chi connectivity index (χ1v) is 9.65. The molecule has 1 fully saturated rings. The van der Waals surface area contributed by atoms with Gasteiger partial charge in [-0.2, -0.15) is 0 Å². The van der Waals surface area contributed by atoms with E-state index in [0.717, 1.165) is 19.4 Å². The lowest BCUT2D eigenvalue weighted by molar-refractivity contribution is -0.112. The molecule has 2 aliphatic rings. The minimum atomic E-state index is -0.590. The average molecular weight is 364 g/mol. The number of hydrogen-bond donors (Lipinski definition) is 1.